The van der Waals surface area contributed by atoms with Gasteiger partial charge in [0.2, 0.25) is 0 Å². The highest BCUT2D eigenvalue weighted by Crippen LogP contribution is 2.17. The van der Waals surface area contributed by atoms with Crippen LogP contribution >= 0.6 is 0 Å². The number of rotatable bonds is 0. The second-order valence-corrected chi connectivity index (χ2v) is 3.18. The van der Waals surface area contributed by atoms with Crippen molar-refractivity contribution < 1.29 is 0 Å². The van der Waals surface area contributed by atoms with Crippen LogP contribution in [0.2, 0.25) is 0 Å². The predicted octanol–water partition coefficient (Wildman–Crippen LogP) is 2.99. The van der Waals surface area contributed by atoms with Crippen molar-refractivity contribution in [2.75, 3.05) is 0 Å². The van der Waals surface area contributed by atoms with E-state index in [1.54, 1.807) is 0 Å². The van der Waals surface area contributed by atoms with Crippen molar-refractivity contribution in [1.29, 1.82) is 0 Å². The SMILES string of the molecule is [c]1cccc2nc3ccccc3[c]c12. The van der Waals surface area contributed by atoms with Gasteiger partial charge in [-0.3, -0.25) is 0 Å². The maximum Gasteiger partial charge on any atom is 0.0722 e. The van der Waals surface area contributed by atoms with Crippen molar-refractivity contribution in [3.8, 4) is 0 Å². The van der Waals surface area contributed by atoms with Gasteiger partial charge in [0.05, 0.1) is 11.0 Å². The van der Waals surface area contributed by atoms with Crippen LogP contribution in [0.1, 0.15) is 0 Å². The van der Waals surface area contributed by atoms with E-state index in [1.165, 1.54) is 0 Å². The third-order valence-corrected chi connectivity index (χ3v) is 2.24. The molecule has 64 valence electrons. The van der Waals surface area contributed by atoms with Crippen LogP contribution in [0.15, 0.2) is 42.5 Å². The molecule has 0 aliphatic rings. The Balaban J connectivity index is 2.52. The first-order valence-corrected chi connectivity index (χ1v) is 4.52. The summed E-state index contributed by atoms with van der Waals surface area (Å²) in [6.07, 6.45) is 0. The van der Waals surface area contributed by atoms with Crippen LogP contribution in [-0.2, 0) is 0 Å². The van der Waals surface area contributed by atoms with Crippen LogP contribution in [0.25, 0.3) is 21.8 Å². The quantitative estimate of drug-likeness (QED) is 0.481. The van der Waals surface area contributed by atoms with Crippen LogP contribution in [-0.4, -0.2) is 4.98 Å². The standard InChI is InChI=1S/C13H7N/c1-3-7-12-10(5-1)9-11-6-2-4-8-13(11)14-12/h1-5,7-8H. The van der Waals surface area contributed by atoms with Crippen LogP contribution in [0.4, 0.5) is 0 Å². The highest BCUT2D eigenvalue weighted by molar-refractivity contribution is 5.91. The van der Waals surface area contributed by atoms with Crippen LogP contribution < -0.4 is 0 Å². The molecular weight excluding hydrogens is 170 g/mol. The minimum absolute atomic E-state index is 0.950. The number of nitrogens with zero attached hydrogens (tertiary/aromatic N) is 1. The molecule has 0 saturated heterocycles. The van der Waals surface area contributed by atoms with Gasteiger partial charge in [0.25, 0.3) is 0 Å². The zero-order valence-electron chi connectivity index (χ0n) is 7.49. The summed E-state index contributed by atoms with van der Waals surface area (Å²) in [4.78, 5) is 4.52. The van der Waals surface area contributed by atoms with Crippen molar-refractivity contribution in [3.63, 3.8) is 0 Å². The molecule has 14 heavy (non-hydrogen) atoms. The average molecular weight is 177 g/mol. The Bertz CT molecular complexity index is 494. The smallest absolute Gasteiger partial charge is 0.0722 e. The molecule has 3 aromatic rings. The van der Waals surface area contributed by atoms with Crippen LogP contribution in [0, 0.1) is 12.1 Å². The lowest BCUT2D eigenvalue weighted by molar-refractivity contribution is 1.49. The normalized spacial score (nSPS) is 10.9. The average Bonchev–Trinajstić information content (AvgIpc) is 2.26. The van der Waals surface area contributed by atoms with E-state index in [1.807, 2.05) is 42.5 Å². The van der Waals surface area contributed by atoms with Gasteiger partial charge in [0, 0.05) is 16.8 Å². The van der Waals surface area contributed by atoms with E-state index in [-0.39, 0.29) is 0 Å². The number of aromatic nitrogens is 1. The van der Waals surface area contributed by atoms with Crippen LogP contribution in [0.3, 0.4) is 0 Å². The predicted molar refractivity (Wildman–Crippen MR) is 56.9 cm³/mol. The van der Waals surface area contributed by atoms with Gasteiger partial charge in [-0.2, -0.15) is 0 Å². The third-order valence-electron chi connectivity index (χ3n) is 2.24. The molecule has 0 fully saturated rings. The molecule has 0 N–H and O–H groups in total. The Hall–Kier alpha value is -1.89. The first kappa shape index (κ1) is 7.51. The molecule has 0 bridgehead atoms. The first-order valence-electron chi connectivity index (χ1n) is 4.52. The van der Waals surface area contributed by atoms with Gasteiger partial charge in [0.15, 0.2) is 0 Å². The fraction of sp³-hybridized carbons (Fsp3) is 0. The summed E-state index contributed by atoms with van der Waals surface area (Å²) in [5.74, 6) is 0. The van der Waals surface area contributed by atoms with Crippen molar-refractivity contribution in [2.45, 2.75) is 0 Å². The maximum absolute atomic E-state index is 4.52. The van der Waals surface area contributed by atoms with Gasteiger partial charge >= 0.3 is 0 Å². The molecule has 2 aromatic carbocycles. The van der Waals surface area contributed by atoms with Gasteiger partial charge in [-0.1, -0.05) is 30.3 Å². The molecule has 0 unspecified atom stereocenters. The van der Waals surface area contributed by atoms with E-state index in [0.29, 0.717) is 0 Å². The summed E-state index contributed by atoms with van der Waals surface area (Å²) in [6, 6.07) is 20.2. The number of hydrogen-bond acceptors (Lipinski definition) is 1. The molecule has 1 nitrogen and oxygen atoms in total. The number of benzene rings is 2. The zero-order valence-corrected chi connectivity index (χ0v) is 7.49. The fourth-order valence-corrected chi connectivity index (χ4v) is 1.56. The van der Waals surface area contributed by atoms with E-state index in [9.17, 15) is 0 Å². The number of para-hydroxylation sites is 1. The Morgan fingerprint density at radius 1 is 0.929 bits per heavy atom. The summed E-state index contributed by atoms with van der Waals surface area (Å²) in [6.45, 7) is 0. The van der Waals surface area contributed by atoms with E-state index in [4.69, 9.17) is 0 Å². The van der Waals surface area contributed by atoms with Crippen molar-refractivity contribution in [2.24, 2.45) is 0 Å². The number of fused-ring (bicyclic) bond motifs is 2. The van der Waals surface area contributed by atoms with Gasteiger partial charge in [-0.05, 0) is 18.2 Å². The van der Waals surface area contributed by atoms with E-state index < -0.39 is 0 Å². The Kier molecular flexibility index (Phi) is 1.51. The molecule has 0 amide bonds. The van der Waals surface area contributed by atoms with Gasteiger partial charge in [-0.15, -0.1) is 0 Å². The highest BCUT2D eigenvalue weighted by Gasteiger charge is 1.97. The molecule has 1 heteroatoms. The number of pyridine rings is 1. The molecule has 0 saturated carbocycles. The van der Waals surface area contributed by atoms with Gasteiger partial charge < -0.3 is 0 Å². The molecule has 3 rings (SSSR count). The summed E-state index contributed by atoms with van der Waals surface area (Å²) in [5, 5.41) is 1.99. The summed E-state index contributed by atoms with van der Waals surface area (Å²) < 4.78 is 0. The lowest BCUT2D eigenvalue weighted by Crippen LogP contribution is -1.81. The Morgan fingerprint density at radius 3 is 2.79 bits per heavy atom. The maximum atomic E-state index is 4.52. The van der Waals surface area contributed by atoms with Gasteiger partial charge in [-0.25, -0.2) is 4.98 Å². The molecule has 1 heterocycles. The first-order chi connectivity index (χ1) is 6.93. The van der Waals surface area contributed by atoms with E-state index in [2.05, 4.69) is 17.1 Å². The van der Waals surface area contributed by atoms with Crippen molar-refractivity contribution in [1.82, 2.24) is 4.98 Å². The minimum Gasteiger partial charge on any atom is -0.248 e. The molecular formula is C13H7N. The molecule has 0 atom stereocenters. The molecule has 0 spiro atoms. The third kappa shape index (κ3) is 1.06. The summed E-state index contributed by atoms with van der Waals surface area (Å²) in [5.41, 5.74) is 1.94. The monoisotopic (exact) mass is 177 g/mol. The number of hydrogen-bond donors (Lipinski definition) is 0. The van der Waals surface area contributed by atoms with Gasteiger partial charge in [0.1, 0.15) is 0 Å². The molecule has 0 aliphatic carbocycles. The zero-order chi connectivity index (χ0) is 9.38. The minimum atomic E-state index is 0.950. The fourth-order valence-electron chi connectivity index (χ4n) is 1.56. The molecule has 1 aromatic heterocycles. The van der Waals surface area contributed by atoms with E-state index >= 15 is 0 Å². The second-order valence-electron chi connectivity index (χ2n) is 3.18. The van der Waals surface area contributed by atoms with E-state index in [0.717, 1.165) is 21.8 Å². The van der Waals surface area contributed by atoms with Crippen LogP contribution in [0.5, 0.6) is 0 Å². The molecule has 0 aliphatic heterocycles. The lowest BCUT2D eigenvalue weighted by Gasteiger charge is -1.98. The van der Waals surface area contributed by atoms with Crippen molar-refractivity contribution >= 4 is 21.8 Å². The van der Waals surface area contributed by atoms with Crippen molar-refractivity contribution in [3.05, 3.63) is 54.6 Å². The summed E-state index contributed by atoms with van der Waals surface area (Å²) in [7, 11) is 0. The Labute approximate surface area is 82.0 Å². The summed E-state index contributed by atoms with van der Waals surface area (Å²) >= 11 is 0. The topological polar surface area (TPSA) is 12.9 Å². The lowest BCUT2D eigenvalue weighted by atomic mass is 10.1. The highest BCUT2D eigenvalue weighted by atomic mass is 14.7. The Morgan fingerprint density at radius 2 is 1.79 bits per heavy atom. The largest absolute Gasteiger partial charge is 0.248 e. The second kappa shape index (κ2) is 2.81. The molecule has 2 radical (unpaired) electrons.